The summed E-state index contributed by atoms with van der Waals surface area (Å²) in [6, 6.07) is 0. The molecule has 1 aliphatic rings. The van der Waals surface area contributed by atoms with Gasteiger partial charge in [-0.2, -0.15) is 0 Å². The Labute approximate surface area is 63.6 Å². The molecule has 0 saturated heterocycles. The van der Waals surface area contributed by atoms with Gasteiger partial charge in [-0.1, -0.05) is 0 Å². The first-order valence-electron chi connectivity index (χ1n) is 1.34. The second-order valence-electron chi connectivity index (χ2n) is 0.697. The molecule has 0 aromatic heterocycles. The van der Waals surface area contributed by atoms with Gasteiger partial charge >= 0.3 is 65.7 Å². The SMILES string of the molecule is CI1I=IC[I-]1. The van der Waals surface area contributed by atoms with Crippen LogP contribution in [0.15, 0.2) is 0 Å². The van der Waals surface area contributed by atoms with Gasteiger partial charge in [0, 0.05) is 0 Å². The fourth-order valence-electron chi connectivity index (χ4n) is 0.149. The number of alkyl halides is 3. The Balaban J connectivity index is 2.38. The monoisotopic (exact) mass is 537 g/mol. The summed E-state index contributed by atoms with van der Waals surface area (Å²) in [5, 5.41) is 0. The van der Waals surface area contributed by atoms with Crippen molar-refractivity contribution >= 4 is 41.1 Å². The van der Waals surface area contributed by atoms with E-state index in [9.17, 15) is 0 Å². The molecule has 0 atom stereocenters. The van der Waals surface area contributed by atoms with Crippen molar-refractivity contribution in [2.75, 3.05) is 7.36 Å². The molecule has 0 unspecified atom stereocenters. The Morgan fingerprint density at radius 3 is 2.83 bits per heavy atom. The third-order valence-electron chi connectivity index (χ3n) is 0.328. The molecule has 0 radical (unpaired) electrons. The second-order valence-corrected chi connectivity index (χ2v) is 59.1. The maximum absolute atomic E-state index is 2.62. The van der Waals surface area contributed by atoms with Gasteiger partial charge in [-0.3, -0.25) is 0 Å². The first-order valence-corrected chi connectivity index (χ1v) is 25.4. The van der Waals surface area contributed by atoms with Crippen molar-refractivity contribution in [2.24, 2.45) is 0 Å². The molecule has 0 aromatic rings. The van der Waals surface area contributed by atoms with Crippen molar-refractivity contribution < 1.29 is 17.2 Å². The summed E-state index contributed by atoms with van der Waals surface area (Å²) in [5.41, 5.74) is 0. The van der Waals surface area contributed by atoms with Gasteiger partial charge in [0.2, 0.25) is 0 Å². The molecule has 0 saturated carbocycles. The number of rotatable bonds is 0. The van der Waals surface area contributed by atoms with E-state index >= 15 is 0 Å². The molecular weight excluding hydrogens is 532 g/mol. The van der Waals surface area contributed by atoms with Crippen LogP contribution in [0.2, 0.25) is 0 Å². The van der Waals surface area contributed by atoms with E-state index < -0.39 is 0 Å². The number of hydrogen-bond donors (Lipinski definition) is 0. The van der Waals surface area contributed by atoms with Gasteiger partial charge in [0.25, 0.3) is 0 Å². The Hall–Kier alpha value is 2.92. The van der Waals surface area contributed by atoms with Crippen LogP contribution in [-0.2, 0) is 0 Å². The molecular formula is C2H5I4-. The Kier molecular flexibility index (Phi) is 4.52. The molecule has 0 bridgehead atoms. The summed E-state index contributed by atoms with van der Waals surface area (Å²) < 4.78 is 1.83. The Morgan fingerprint density at radius 2 is 2.67 bits per heavy atom. The van der Waals surface area contributed by atoms with E-state index in [2.05, 4.69) is 4.93 Å². The van der Waals surface area contributed by atoms with Crippen LogP contribution in [0.1, 0.15) is 0 Å². The summed E-state index contributed by atoms with van der Waals surface area (Å²) in [6.45, 7) is 0. The fourth-order valence-corrected chi connectivity index (χ4v) is 169. The van der Waals surface area contributed by atoms with Gasteiger partial charge in [-0.05, 0) is 0 Å². The van der Waals surface area contributed by atoms with Crippen LogP contribution in [0.3, 0.4) is 0 Å². The molecule has 1 aliphatic heterocycles. The van der Waals surface area contributed by atoms with E-state index in [-0.39, 0.29) is 11.9 Å². The predicted molar refractivity (Wildman–Crippen MR) is 52.9 cm³/mol. The van der Waals surface area contributed by atoms with Crippen LogP contribution < -0.4 is 17.2 Å². The van der Waals surface area contributed by atoms with Crippen LogP contribution in [0.4, 0.5) is 0 Å². The van der Waals surface area contributed by atoms with Crippen molar-refractivity contribution in [3.05, 3.63) is 0 Å². The molecule has 42 valence electrons. The molecule has 1 rings (SSSR count). The van der Waals surface area contributed by atoms with Gasteiger partial charge in [-0.25, -0.2) is 0 Å². The van der Waals surface area contributed by atoms with E-state index in [1.54, 1.807) is 0 Å². The fraction of sp³-hybridized carbons (Fsp3) is 1.00. The standard InChI is InChI=1S/C2H5I4/c1-6-4-2-3-5-6/h2H2,1H3/q-1. The minimum atomic E-state index is 0.0793. The molecule has 0 fully saturated rings. The second kappa shape index (κ2) is 3.85. The van der Waals surface area contributed by atoms with Crippen LogP contribution >= 0.6 is 41.1 Å². The van der Waals surface area contributed by atoms with E-state index in [1.165, 1.54) is 0 Å². The van der Waals surface area contributed by atoms with Gasteiger partial charge in [-0.15, -0.1) is 0 Å². The van der Waals surface area contributed by atoms with Gasteiger partial charge in [0.05, 0.1) is 0 Å². The molecule has 4 heteroatoms. The zero-order chi connectivity index (χ0) is 4.41. The first kappa shape index (κ1) is 7.03. The topological polar surface area (TPSA) is 0 Å². The predicted octanol–water partition coefficient (Wildman–Crippen LogP) is -0.131. The third kappa shape index (κ3) is 2.46. The van der Waals surface area contributed by atoms with Gasteiger partial charge in [0.1, 0.15) is 0 Å². The van der Waals surface area contributed by atoms with Crippen molar-refractivity contribution in [3.8, 4) is 0 Å². The van der Waals surface area contributed by atoms with Crippen molar-refractivity contribution in [1.29, 1.82) is 0 Å². The number of hydrogen-bond acceptors (Lipinski definition) is 0. The maximum atomic E-state index is 2.62. The molecule has 0 nitrogen and oxygen atoms in total. The van der Waals surface area contributed by atoms with Crippen molar-refractivity contribution in [3.63, 3.8) is 0 Å². The van der Waals surface area contributed by atoms with Crippen molar-refractivity contribution in [2.45, 2.75) is 0 Å². The van der Waals surface area contributed by atoms with E-state index in [0.29, 0.717) is 0 Å². The normalized spacial score (nSPS) is 29.8. The summed E-state index contributed by atoms with van der Waals surface area (Å²) in [6.07, 6.45) is 0. The Morgan fingerprint density at radius 1 is 1.83 bits per heavy atom. The third-order valence-corrected chi connectivity index (χ3v) is 108. The molecule has 6 heavy (non-hydrogen) atoms. The van der Waals surface area contributed by atoms with E-state index in [0.717, 1.165) is 46.4 Å². The molecule has 0 spiro atoms. The van der Waals surface area contributed by atoms with Gasteiger partial charge < -0.3 is 0 Å². The summed E-state index contributed by atoms with van der Waals surface area (Å²) in [7, 11) is 0. The molecule has 0 aliphatic carbocycles. The summed E-state index contributed by atoms with van der Waals surface area (Å²) >= 11 is 2.94. The van der Waals surface area contributed by atoms with Crippen LogP contribution in [0.25, 0.3) is 0 Å². The first-order chi connectivity index (χ1) is 2.89. The summed E-state index contributed by atoms with van der Waals surface area (Å²) in [4.78, 5) is 2.62. The molecule has 0 aromatic carbocycles. The van der Waals surface area contributed by atoms with E-state index in [4.69, 9.17) is 0 Å². The summed E-state index contributed by atoms with van der Waals surface area (Å²) in [5.74, 6) is 0. The zero-order valence-corrected chi connectivity index (χ0v) is 11.8. The van der Waals surface area contributed by atoms with Crippen LogP contribution in [0.5, 0.6) is 0 Å². The van der Waals surface area contributed by atoms with Gasteiger partial charge in [0.15, 0.2) is 0 Å². The average molecular weight is 537 g/mol. The van der Waals surface area contributed by atoms with Crippen LogP contribution in [0, 0.1) is 0 Å². The zero-order valence-electron chi connectivity index (χ0n) is 3.22. The quantitative estimate of drug-likeness (QED) is 0.299. The van der Waals surface area contributed by atoms with Crippen molar-refractivity contribution in [1.82, 2.24) is 0 Å². The molecule has 1 heterocycles. The Bertz CT molecular complexity index is 67.9. The average Bonchev–Trinajstić information content (AvgIpc) is 1.86. The van der Waals surface area contributed by atoms with E-state index in [1.807, 2.05) is 2.43 Å². The molecule has 0 N–H and O–H groups in total. The molecule has 0 amide bonds. The number of halogens is 4. The van der Waals surface area contributed by atoms with Crippen LogP contribution in [-0.4, -0.2) is 7.36 Å². The minimum absolute atomic E-state index is 0.0793.